The second-order valence-electron chi connectivity index (χ2n) is 7.64. The lowest BCUT2D eigenvalue weighted by atomic mass is 10.1. The first kappa shape index (κ1) is 20.7. The molecule has 7 nitrogen and oxygen atoms in total. The summed E-state index contributed by atoms with van der Waals surface area (Å²) in [6, 6.07) is 6.39. The average Bonchev–Trinajstić information content (AvgIpc) is 2.76. The minimum atomic E-state index is -0.612. The highest BCUT2D eigenvalue weighted by Crippen LogP contribution is 2.17. The molecule has 1 fully saturated rings. The molecule has 1 saturated heterocycles. The fourth-order valence-corrected chi connectivity index (χ4v) is 2.93. The summed E-state index contributed by atoms with van der Waals surface area (Å²) in [5.74, 6) is -0.510. The maximum absolute atomic E-state index is 12.9. The zero-order chi connectivity index (χ0) is 20.0. The van der Waals surface area contributed by atoms with Gasteiger partial charge in [-0.2, -0.15) is 0 Å². The number of methoxy groups -OCH3 is 1. The van der Waals surface area contributed by atoms with Crippen LogP contribution < -0.4 is 5.32 Å². The van der Waals surface area contributed by atoms with E-state index in [1.54, 1.807) is 49.9 Å². The van der Waals surface area contributed by atoms with Crippen molar-refractivity contribution < 1.29 is 23.9 Å². The molecule has 0 spiro atoms. The van der Waals surface area contributed by atoms with Crippen molar-refractivity contribution in [3.63, 3.8) is 0 Å². The van der Waals surface area contributed by atoms with Crippen molar-refractivity contribution in [2.24, 2.45) is 0 Å². The fraction of sp³-hybridized carbons (Fsp3) is 0.550. The average molecular weight is 376 g/mol. The van der Waals surface area contributed by atoms with Gasteiger partial charge < -0.3 is 19.7 Å². The Morgan fingerprint density at radius 1 is 1.19 bits per heavy atom. The highest BCUT2D eigenvalue weighted by molar-refractivity contribution is 5.89. The molecule has 1 atom stereocenters. The van der Waals surface area contributed by atoms with Crippen molar-refractivity contribution in [1.82, 2.24) is 10.2 Å². The van der Waals surface area contributed by atoms with Gasteiger partial charge in [-0.05, 0) is 57.7 Å². The maximum Gasteiger partial charge on any atom is 0.408 e. The van der Waals surface area contributed by atoms with Crippen LogP contribution in [-0.2, 0) is 20.8 Å². The molecule has 2 amide bonds. The molecule has 1 heterocycles. The number of hydrogen-bond acceptors (Lipinski definition) is 5. The second-order valence-corrected chi connectivity index (χ2v) is 7.64. The zero-order valence-corrected chi connectivity index (χ0v) is 16.4. The van der Waals surface area contributed by atoms with Crippen LogP contribution in [0.1, 0.15) is 56.0 Å². The molecule has 0 unspecified atom stereocenters. The van der Waals surface area contributed by atoms with E-state index in [2.05, 4.69) is 10.1 Å². The van der Waals surface area contributed by atoms with Gasteiger partial charge in [-0.1, -0.05) is 12.1 Å². The first-order valence-electron chi connectivity index (χ1n) is 9.15. The summed E-state index contributed by atoms with van der Waals surface area (Å²) in [5.41, 5.74) is 0.765. The van der Waals surface area contributed by atoms with Crippen LogP contribution in [0, 0.1) is 0 Å². The monoisotopic (exact) mass is 376 g/mol. The van der Waals surface area contributed by atoms with Gasteiger partial charge in [0.1, 0.15) is 11.6 Å². The summed E-state index contributed by atoms with van der Waals surface area (Å²) < 4.78 is 9.95. The van der Waals surface area contributed by atoms with Crippen LogP contribution in [0.5, 0.6) is 0 Å². The molecular weight excluding hydrogens is 348 g/mol. The van der Waals surface area contributed by atoms with Crippen molar-refractivity contribution in [2.45, 2.75) is 58.2 Å². The molecule has 1 aromatic carbocycles. The first-order valence-corrected chi connectivity index (χ1v) is 9.15. The van der Waals surface area contributed by atoms with Crippen LogP contribution in [-0.4, -0.2) is 48.2 Å². The van der Waals surface area contributed by atoms with E-state index in [1.807, 2.05) is 0 Å². The van der Waals surface area contributed by atoms with E-state index in [1.165, 1.54) is 7.11 Å². The van der Waals surface area contributed by atoms with Crippen molar-refractivity contribution in [2.75, 3.05) is 13.7 Å². The SMILES string of the molecule is COC(=O)c1ccc(CN2CCCC[C@H](NC(=O)OC(C)(C)C)C2=O)cc1. The van der Waals surface area contributed by atoms with Gasteiger partial charge in [-0.15, -0.1) is 0 Å². The maximum atomic E-state index is 12.9. The van der Waals surface area contributed by atoms with Gasteiger partial charge in [-0.3, -0.25) is 4.79 Å². The number of carbonyl (C=O) groups excluding carboxylic acids is 3. The summed E-state index contributed by atoms with van der Waals surface area (Å²) in [6.45, 7) is 6.40. The van der Waals surface area contributed by atoms with Gasteiger partial charge in [0, 0.05) is 13.1 Å². The molecule has 148 valence electrons. The second kappa shape index (κ2) is 8.88. The smallest absolute Gasteiger partial charge is 0.408 e. The predicted molar refractivity (Wildman–Crippen MR) is 100 cm³/mol. The van der Waals surface area contributed by atoms with Crippen molar-refractivity contribution in [3.8, 4) is 0 Å². The van der Waals surface area contributed by atoms with E-state index in [4.69, 9.17) is 4.74 Å². The Hall–Kier alpha value is -2.57. The molecule has 7 heteroatoms. The van der Waals surface area contributed by atoms with Gasteiger partial charge in [-0.25, -0.2) is 9.59 Å². The fourth-order valence-electron chi connectivity index (χ4n) is 2.93. The molecule has 0 aliphatic carbocycles. The lowest BCUT2D eigenvalue weighted by Gasteiger charge is -2.26. The minimum Gasteiger partial charge on any atom is -0.465 e. The number of ether oxygens (including phenoxy) is 2. The van der Waals surface area contributed by atoms with E-state index >= 15 is 0 Å². The Labute approximate surface area is 160 Å². The highest BCUT2D eigenvalue weighted by atomic mass is 16.6. The first-order chi connectivity index (χ1) is 12.7. The van der Waals surface area contributed by atoms with Crippen LogP contribution in [0.2, 0.25) is 0 Å². The number of amides is 2. The molecule has 0 radical (unpaired) electrons. The van der Waals surface area contributed by atoms with Gasteiger partial charge in [0.2, 0.25) is 5.91 Å². The Morgan fingerprint density at radius 3 is 2.44 bits per heavy atom. The summed E-state index contributed by atoms with van der Waals surface area (Å²) >= 11 is 0. The Bertz CT molecular complexity index is 679. The van der Waals surface area contributed by atoms with Crippen LogP contribution in [0.4, 0.5) is 4.79 Å². The van der Waals surface area contributed by atoms with E-state index in [0.717, 1.165) is 18.4 Å². The lowest BCUT2D eigenvalue weighted by Crippen LogP contribution is -2.48. The Morgan fingerprint density at radius 2 is 1.85 bits per heavy atom. The van der Waals surface area contributed by atoms with Crippen LogP contribution >= 0.6 is 0 Å². The highest BCUT2D eigenvalue weighted by Gasteiger charge is 2.29. The van der Waals surface area contributed by atoms with E-state index in [9.17, 15) is 14.4 Å². The molecule has 1 aliphatic heterocycles. The molecule has 0 saturated carbocycles. The van der Waals surface area contributed by atoms with Crippen LogP contribution in [0.25, 0.3) is 0 Å². The van der Waals surface area contributed by atoms with Crippen molar-refractivity contribution in [1.29, 1.82) is 0 Å². The number of benzene rings is 1. The number of rotatable bonds is 4. The van der Waals surface area contributed by atoms with Crippen molar-refractivity contribution >= 4 is 18.0 Å². The molecule has 0 bridgehead atoms. The number of hydrogen-bond donors (Lipinski definition) is 1. The number of nitrogens with one attached hydrogen (secondary N) is 1. The van der Waals surface area contributed by atoms with Crippen LogP contribution in [0.3, 0.4) is 0 Å². The zero-order valence-electron chi connectivity index (χ0n) is 16.4. The normalized spacial score (nSPS) is 17.9. The summed E-state index contributed by atoms with van der Waals surface area (Å²) in [7, 11) is 1.34. The third-order valence-electron chi connectivity index (χ3n) is 4.22. The minimum absolute atomic E-state index is 0.115. The summed E-state index contributed by atoms with van der Waals surface area (Å²) in [4.78, 5) is 38.1. The molecular formula is C20H28N2O5. The number of carbonyl (C=O) groups is 3. The summed E-state index contributed by atoms with van der Waals surface area (Å²) in [6.07, 6.45) is 1.74. The van der Waals surface area contributed by atoms with Gasteiger partial charge in [0.25, 0.3) is 0 Å². The Balaban J connectivity index is 2.02. The third-order valence-corrected chi connectivity index (χ3v) is 4.22. The topological polar surface area (TPSA) is 84.9 Å². The largest absolute Gasteiger partial charge is 0.465 e. The molecule has 2 rings (SSSR count). The predicted octanol–water partition coefficient (Wildman–Crippen LogP) is 2.88. The molecule has 27 heavy (non-hydrogen) atoms. The molecule has 1 N–H and O–H groups in total. The Kier molecular flexibility index (Phi) is 6.82. The van der Waals surface area contributed by atoms with E-state index in [0.29, 0.717) is 25.1 Å². The molecule has 1 aromatic rings. The molecule has 1 aliphatic rings. The standard InChI is InChI=1S/C20H28N2O5/c1-20(2,3)27-19(25)21-16-7-5-6-12-22(17(16)23)13-14-8-10-15(11-9-14)18(24)26-4/h8-11,16H,5-7,12-13H2,1-4H3,(H,21,25)/t16-/m0/s1. The molecule has 0 aromatic heterocycles. The number of esters is 1. The van der Waals surface area contributed by atoms with E-state index < -0.39 is 23.7 Å². The van der Waals surface area contributed by atoms with Gasteiger partial charge in [0.15, 0.2) is 0 Å². The lowest BCUT2D eigenvalue weighted by molar-refractivity contribution is -0.133. The summed E-state index contributed by atoms with van der Waals surface area (Å²) in [5, 5.41) is 2.70. The van der Waals surface area contributed by atoms with Gasteiger partial charge >= 0.3 is 12.1 Å². The van der Waals surface area contributed by atoms with Crippen LogP contribution in [0.15, 0.2) is 24.3 Å². The quantitative estimate of drug-likeness (QED) is 0.817. The van der Waals surface area contributed by atoms with Gasteiger partial charge in [0.05, 0.1) is 12.7 Å². The third kappa shape index (κ3) is 6.27. The van der Waals surface area contributed by atoms with E-state index in [-0.39, 0.29) is 5.91 Å². The van der Waals surface area contributed by atoms with Crippen molar-refractivity contribution in [3.05, 3.63) is 35.4 Å². The number of likely N-dealkylation sites (tertiary alicyclic amines) is 1. The number of alkyl carbamates (subject to hydrolysis) is 1. The number of nitrogens with zero attached hydrogens (tertiary/aromatic N) is 1.